The number of oxazole rings is 1. The summed E-state index contributed by atoms with van der Waals surface area (Å²) in [5.41, 5.74) is 1.97. The van der Waals surface area contributed by atoms with Crippen LogP contribution in [0.1, 0.15) is 39.8 Å². The lowest BCUT2D eigenvalue weighted by Crippen LogP contribution is -2.48. The van der Waals surface area contributed by atoms with E-state index >= 15 is 0 Å². The molecule has 34 heavy (non-hydrogen) atoms. The van der Waals surface area contributed by atoms with Gasteiger partial charge in [-0.3, -0.25) is 9.69 Å². The summed E-state index contributed by atoms with van der Waals surface area (Å²) in [6.45, 7) is 2.90. The Labute approximate surface area is 202 Å². The standard InChI is InChI=1S/C25H25ClFN3O4/c1-33-25(32)22-16-34-23(28-22)15-29-10-12-30(13-11-29)24(31)14-21(17-2-6-19(26)7-3-17)18-4-8-20(27)9-5-18/h2-9,16,21H,10-15H2,1H3. The number of hydrogen-bond acceptors (Lipinski definition) is 6. The van der Waals surface area contributed by atoms with E-state index in [0.717, 1.165) is 11.1 Å². The molecule has 0 radical (unpaired) electrons. The van der Waals surface area contributed by atoms with Gasteiger partial charge in [-0.05, 0) is 35.4 Å². The van der Waals surface area contributed by atoms with Crippen LogP contribution in [0.15, 0.2) is 59.2 Å². The monoisotopic (exact) mass is 485 g/mol. The summed E-state index contributed by atoms with van der Waals surface area (Å²) < 4.78 is 23.5. The molecule has 9 heteroatoms. The molecule has 0 bridgehead atoms. The van der Waals surface area contributed by atoms with Gasteiger partial charge < -0.3 is 14.1 Å². The molecule has 0 N–H and O–H groups in total. The first-order valence-electron chi connectivity index (χ1n) is 11.0. The van der Waals surface area contributed by atoms with E-state index in [2.05, 4.69) is 14.6 Å². The number of methoxy groups -OCH3 is 1. The normalized spacial score (nSPS) is 15.2. The number of halogens is 2. The quantitative estimate of drug-likeness (QED) is 0.469. The molecule has 1 atom stereocenters. The van der Waals surface area contributed by atoms with E-state index in [-0.39, 0.29) is 29.8 Å². The van der Waals surface area contributed by atoms with Gasteiger partial charge in [0.2, 0.25) is 11.8 Å². The third kappa shape index (κ3) is 5.81. The highest BCUT2D eigenvalue weighted by atomic mass is 35.5. The summed E-state index contributed by atoms with van der Waals surface area (Å²) in [7, 11) is 1.29. The van der Waals surface area contributed by atoms with Crippen LogP contribution in [0.3, 0.4) is 0 Å². The van der Waals surface area contributed by atoms with Crippen molar-refractivity contribution in [2.75, 3.05) is 33.3 Å². The number of ether oxygens (including phenoxy) is 1. The smallest absolute Gasteiger partial charge is 0.360 e. The van der Waals surface area contributed by atoms with Crippen LogP contribution in [0.4, 0.5) is 4.39 Å². The van der Waals surface area contributed by atoms with Crippen molar-refractivity contribution in [3.8, 4) is 0 Å². The highest BCUT2D eigenvalue weighted by molar-refractivity contribution is 6.30. The summed E-state index contributed by atoms with van der Waals surface area (Å²) >= 11 is 6.04. The molecule has 1 aliphatic heterocycles. The molecular formula is C25H25ClFN3O4. The number of piperazine rings is 1. The number of hydrogen-bond donors (Lipinski definition) is 0. The number of esters is 1. The number of benzene rings is 2. The zero-order chi connectivity index (χ0) is 24.1. The minimum absolute atomic E-state index is 0.0352. The first kappa shape index (κ1) is 23.9. The van der Waals surface area contributed by atoms with Crippen molar-refractivity contribution in [3.63, 3.8) is 0 Å². The van der Waals surface area contributed by atoms with Gasteiger partial charge >= 0.3 is 5.97 Å². The third-order valence-electron chi connectivity index (χ3n) is 5.95. The summed E-state index contributed by atoms with van der Waals surface area (Å²) in [6, 6.07) is 13.7. The van der Waals surface area contributed by atoms with Gasteiger partial charge in [-0.2, -0.15) is 0 Å². The summed E-state index contributed by atoms with van der Waals surface area (Å²) in [4.78, 5) is 32.8. The third-order valence-corrected chi connectivity index (χ3v) is 6.21. The van der Waals surface area contributed by atoms with Crippen LogP contribution in [0, 0.1) is 5.82 Å². The molecule has 0 saturated carbocycles. The average Bonchev–Trinajstić information content (AvgIpc) is 3.32. The van der Waals surface area contributed by atoms with Gasteiger partial charge in [-0.25, -0.2) is 14.2 Å². The van der Waals surface area contributed by atoms with E-state index in [0.29, 0.717) is 43.6 Å². The molecule has 0 aliphatic carbocycles. The molecule has 1 unspecified atom stereocenters. The van der Waals surface area contributed by atoms with Crippen molar-refractivity contribution in [2.24, 2.45) is 0 Å². The van der Waals surface area contributed by atoms with Crippen LogP contribution >= 0.6 is 11.6 Å². The fourth-order valence-electron chi connectivity index (χ4n) is 4.05. The van der Waals surface area contributed by atoms with E-state index in [9.17, 15) is 14.0 Å². The van der Waals surface area contributed by atoms with Crippen LogP contribution in [-0.2, 0) is 16.1 Å². The molecule has 1 fully saturated rings. The van der Waals surface area contributed by atoms with Crippen molar-refractivity contribution in [3.05, 3.63) is 88.3 Å². The first-order valence-corrected chi connectivity index (χ1v) is 11.3. The predicted molar refractivity (Wildman–Crippen MR) is 124 cm³/mol. The second-order valence-electron chi connectivity index (χ2n) is 8.13. The van der Waals surface area contributed by atoms with Crippen LogP contribution in [0.2, 0.25) is 5.02 Å². The summed E-state index contributed by atoms with van der Waals surface area (Å²) in [5, 5.41) is 0.619. The molecule has 178 valence electrons. The minimum Gasteiger partial charge on any atom is -0.464 e. The number of amides is 1. The van der Waals surface area contributed by atoms with E-state index in [1.807, 2.05) is 17.0 Å². The maximum atomic E-state index is 13.5. The summed E-state index contributed by atoms with van der Waals surface area (Å²) in [5.74, 6) is -0.590. The number of aromatic nitrogens is 1. The number of carbonyl (C=O) groups excluding carboxylic acids is 2. The van der Waals surface area contributed by atoms with Gasteiger partial charge in [0.25, 0.3) is 0 Å². The Morgan fingerprint density at radius 1 is 1.06 bits per heavy atom. The molecule has 3 aromatic rings. The molecule has 1 aliphatic rings. The Morgan fingerprint density at radius 2 is 1.68 bits per heavy atom. The Bertz CT molecular complexity index is 1080. The molecule has 1 aromatic heterocycles. The fourth-order valence-corrected chi connectivity index (χ4v) is 4.18. The molecule has 7 nitrogen and oxygen atoms in total. The second-order valence-corrected chi connectivity index (χ2v) is 8.57. The molecule has 2 aromatic carbocycles. The Kier molecular flexibility index (Phi) is 7.59. The van der Waals surface area contributed by atoms with Crippen molar-refractivity contribution in [1.29, 1.82) is 0 Å². The molecule has 0 spiro atoms. The largest absolute Gasteiger partial charge is 0.464 e. The average molecular weight is 486 g/mol. The van der Waals surface area contributed by atoms with Crippen LogP contribution < -0.4 is 0 Å². The van der Waals surface area contributed by atoms with Crippen molar-refractivity contribution >= 4 is 23.5 Å². The van der Waals surface area contributed by atoms with Crippen molar-refractivity contribution in [1.82, 2.24) is 14.8 Å². The van der Waals surface area contributed by atoms with Gasteiger partial charge in [-0.15, -0.1) is 0 Å². The van der Waals surface area contributed by atoms with Gasteiger partial charge in [0, 0.05) is 43.5 Å². The molecule has 4 rings (SSSR count). The minimum atomic E-state index is -0.540. The zero-order valence-electron chi connectivity index (χ0n) is 18.7. The maximum absolute atomic E-state index is 13.5. The van der Waals surface area contributed by atoms with Crippen LogP contribution in [0.5, 0.6) is 0 Å². The number of carbonyl (C=O) groups is 2. The van der Waals surface area contributed by atoms with Crippen molar-refractivity contribution < 1.29 is 23.1 Å². The first-order chi connectivity index (χ1) is 16.4. The second kappa shape index (κ2) is 10.8. The van der Waals surface area contributed by atoms with E-state index in [4.69, 9.17) is 16.0 Å². The topological polar surface area (TPSA) is 75.9 Å². The molecular weight excluding hydrogens is 461 g/mol. The van der Waals surface area contributed by atoms with Gasteiger partial charge in [-0.1, -0.05) is 35.9 Å². The Balaban J connectivity index is 1.38. The van der Waals surface area contributed by atoms with E-state index < -0.39 is 5.97 Å². The fraction of sp³-hybridized carbons (Fsp3) is 0.320. The molecule has 1 amide bonds. The highest BCUT2D eigenvalue weighted by Crippen LogP contribution is 2.30. The van der Waals surface area contributed by atoms with Gasteiger partial charge in [0.1, 0.15) is 12.1 Å². The maximum Gasteiger partial charge on any atom is 0.360 e. The Hall–Kier alpha value is -3.23. The Morgan fingerprint density at radius 3 is 2.29 bits per heavy atom. The lowest BCUT2D eigenvalue weighted by molar-refractivity contribution is -0.133. The lowest BCUT2D eigenvalue weighted by atomic mass is 9.88. The SMILES string of the molecule is COC(=O)c1coc(CN2CCN(C(=O)CC(c3ccc(F)cc3)c3ccc(Cl)cc3)CC2)n1. The highest BCUT2D eigenvalue weighted by Gasteiger charge is 2.26. The molecule has 2 heterocycles. The van der Waals surface area contributed by atoms with Crippen molar-refractivity contribution in [2.45, 2.75) is 18.9 Å². The van der Waals surface area contributed by atoms with Gasteiger partial charge in [0.15, 0.2) is 5.69 Å². The lowest BCUT2D eigenvalue weighted by Gasteiger charge is -2.35. The van der Waals surface area contributed by atoms with E-state index in [1.165, 1.54) is 25.5 Å². The van der Waals surface area contributed by atoms with Crippen LogP contribution in [0.25, 0.3) is 0 Å². The van der Waals surface area contributed by atoms with Crippen LogP contribution in [-0.4, -0.2) is 59.9 Å². The predicted octanol–water partition coefficient (Wildman–Crippen LogP) is 4.12. The van der Waals surface area contributed by atoms with E-state index in [1.54, 1.807) is 24.3 Å². The number of nitrogens with zero attached hydrogens (tertiary/aromatic N) is 3. The summed E-state index contributed by atoms with van der Waals surface area (Å²) in [6.07, 6.45) is 1.56. The number of rotatable bonds is 7. The zero-order valence-corrected chi connectivity index (χ0v) is 19.5. The molecule has 1 saturated heterocycles. The van der Waals surface area contributed by atoms with Gasteiger partial charge in [0.05, 0.1) is 13.7 Å².